The summed E-state index contributed by atoms with van der Waals surface area (Å²) in [5.41, 5.74) is 5.24. The van der Waals surface area contributed by atoms with Gasteiger partial charge in [0.05, 0.1) is 8.95 Å². The molecular weight excluding hydrogens is 390 g/mol. The van der Waals surface area contributed by atoms with Gasteiger partial charge in [0.1, 0.15) is 11.4 Å². The van der Waals surface area contributed by atoms with Crippen LogP contribution in [0.25, 0.3) is 0 Å². The van der Waals surface area contributed by atoms with Crippen LogP contribution in [0.5, 0.6) is 5.75 Å². The van der Waals surface area contributed by atoms with Crippen molar-refractivity contribution in [1.82, 2.24) is 0 Å². The number of hydrogen-bond donors (Lipinski definition) is 1. The van der Waals surface area contributed by atoms with Gasteiger partial charge in [0.25, 0.3) is 0 Å². The first-order valence-electron chi connectivity index (χ1n) is 4.39. The number of rotatable bonds is 3. The summed E-state index contributed by atoms with van der Waals surface area (Å²) in [5, 5.41) is 0. The van der Waals surface area contributed by atoms with E-state index in [-0.39, 0.29) is 5.60 Å². The fraction of sp³-hybridized carbons (Fsp3) is 0.400. The number of halogens is 3. The molecule has 5 heteroatoms. The third-order valence-corrected chi connectivity index (χ3v) is 3.47. The fourth-order valence-electron chi connectivity index (χ4n) is 0.944. The van der Waals surface area contributed by atoms with Crippen LogP contribution >= 0.6 is 47.8 Å². The Morgan fingerprint density at radius 2 is 1.67 bits per heavy atom. The molecule has 1 rings (SSSR count). The second kappa shape index (κ2) is 5.17. The van der Waals surface area contributed by atoms with Crippen LogP contribution in [0.15, 0.2) is 25.6 Å². The second-order valence-electron chi connectivity index (χ2n) is 3.76. The van der Waals surface area contributed by atoms with Crippen LogP contribution in [0, 0.1) is 0 Å². The molecule has 0 heterocycles. The van der Waals surface area contributed by atoms with Crippen molar-refractivity contribution >= 4 is 47.8 Å². The first-order chi connectivity index (χ1) is 6.85. The molecule has 84 valence electrons. The van der Waals surface area contributed by atoms with Crippen LogP contribution in [0.1, 0.15) is 13.8 Å². The minimum atomic E-state index is -0.376. The van der Waals surface area contributed by atoms with Crippen LogP contribution in [0.2, 0.25) is 0 Å². The van der Waals surface area contributed by atoms with Crippen molar-refractivity contribution in [2.24, 2.45) is 5.73 Å². The molecule has 0 aromatic heterocycles. The summed E-state index contributed by atoms with van der Waals surface area (Å²) in [4.78, 5) is 0. The number of hydrogen-bond acceptors (Lipinski definition) is 2. The van der Waals surface area contributed by atoms with Gasteiger partial charge in [0.15, 0.2) is 0 Å². The first kappa shape index (κ1) is 13.5. The predicted octanol–water partition coefficient (Wildman–Crippen LogP) is 4.09. The van der Waals surface area contributed by atoms with Crippen LogP contribution in [0.3, 0.4) is 0 Å². The van der Waals surface area contributed by atoms with Crippen LogP contribution in [-0.4, -0.2) is 12.1 Å². The maximum Gasteiger partial charge on any atom is 0.148 e. The van der Waals surface area contributed by atoms with E-state index in [1.54, 1.807) is 0 Å². The summed E-state index contributed by atoms with van der Waals surface area (Å²) in [5.74, 6) is 0.772. The average molecular weight is 402 g/mol. The van der Waals surface area contributed by atoms with Gasteiger partial charge in [-0.25, -0.2) is 0 Å². The highest BCUT2D eigenvalue weighted by molar-refractivity contribution is 9.11. The van der Waals surface area contributed by atoms with E-state index in [4.69, 9.17) is 10.5 Å². The zero-order chi connectivity index (χ0) is 11.6. The smallest absolute Gasteiger partial charge is 0.148 e. The molecule has 1 aromatic rings. The second-order valence-corrected chi connectivity index (χ2v) is 6.39. The first-order valence-corrected chi connectivity index (χ1v) is 6.77. The molecule has 0 amide bonds. The lowest BCUT2D eigenvalue weighted by Gasteiger charge is -2.26. The molecule has 0 saturated heterocycles. The Kier molecular flexibility index (Phi) is 4.64. The highest BCUT2D eigenvalue weighted by Crippen LogP contribution is 2.38. The quantitative estimate of drug-likeness (QED) is 0.827. The molecule has 0 radical (unpaired) electrons. The average Bonchev–Trinajstić information content (AvgIpc) is 2.11. The molecule has 2 N–H and O–H groups in total. The lowest BCUT2D eigenvalue weighted by atomic mass is 10.1. The Balaban J connectivity index is 3.05. The van der Waals surface area contributed by atoms with Crippen molar-refractivity contribution in [3.63, 3.8) is 0 Å². The summed E-state index contributed by atoms with van der Waals surface area (Å²) in [6, 6.07) is 3.87. The van der Waals surface area contributed by atoms with E-state index in [0.29, 0.717) is 6.54 Å². The van der Waals surface area contributed by atoms with Gasteiger partial charge >= 0.3 is 0 Å². The minimum Gasteiger partial charge on any atom is -0.484 e. The van der Waals surface area contributed by atoms with E-state index in [0.717, 1.165) is 19.2 Å². The Bertz CT molecular complexity index is 343. The van der Waals surface area contributed by atoms with Gasteiger partial charge in [-0.2, -0.15) is 0 Å². The van der Waals surface area contributed by atoms with Crippen LogP contribution < -0.4 is 10.5 Å². The van der Waals surface area contributed by atoms with Gasteiger partial charge in [-0.1, -0.05) is 15.9 Å². The van der Waals surface area contributed by atoms with Crippen LogP contribution in [-0.2, 0) is 0 Å². The molecule has 0 spiro atoms. The molecule has 0 aliphatic heterocycles. The highest BCUT2D eigenvalue weighted by atomic mass is 79.9. The van der Waals surface area contributed by atoms with Crippen molar-refractivity contribution in [2.75, 3.05) is 6.54 Å². The SMILES string of the molecule is CC(C)(CN)Oc1c(Br)cc(Br)cc1Br. The third kappa shape index (κ3) is 3.73. The Hall–Kier alpha value is 0.420. The van der Waals surface area contributed by atoms with Gasteiger partial charge in [-0.3, -0.25) is 0 Å². The molecule has 15 heavy (non-hydrogen) atoms. The van der Waals surface area contributed by atoms with Crippen molar-refractivity contribution in [2.45, 2.75) is 19.4 Å². The summed E-state index contributed by atoms with van der Waals surface area (Å²) in [7, 11) is 0. The highest BCUT2D eigenvalue weighted by Gasteiger charge is 2.20. The Labute approximate surface area is 115 Å². The van der Waals surface area contributed by atoms with Gasteiger partial charge in [-0.05, 0) is 57.8 Å². The van der Waals surface area contributed by atoms with Gasteiger partial charge in [0.2, 0.25) is 0 Å². The number of ether oxygens (including phenoxy) is 1. The fourth-order valence-corrected chi connectivity index (χ4v) is 3.36. The van der Waals surface area contributed by atoms with Crippen molar-refractivity contribution in [1.29, 1.82) is 0 Å². The maximum absolute atomic E-state index is 5.83. The van der Waals surface area contributed by atoms with Crippen LogP contribution in [0.4, 0.5) is 0 Å². The molecule has 0 atom stereocenters. The zero-order valence-electron chi connectivity index (χ0n) is 8.48. The van der Waals surface area contributed by atoms with E-state index in [1.807, 2.05) is 26.0 Å². The van der Waals surface area contributed by atoms with E-state index < -0.39 is 0 Å². The van der Waals surface area contributed by atoms with E-state index in [1.165, 1.54) is 0 Å². The molecule has 0 aliphatic carbocycles. The van der Waals surface area contributed by atoms with Crippen molar-refractivity contribution < 1.29 is 4.74 Å². The predicted molar refractivity (Wildman–Crippen MR) is 73.3 cm³/mol. The lowest BCUT2D eigenvalue weighted by Crippen LogP contribution is -2.37. The van der Waals surface area contributed by atoms with Crippen molar-refractivity contribution in [3.8, 4) is 5.75 Å². The minimum absolute atomic E-state index is 0.376. The zero-order valence-corrected chi connectivity index (χ0v) is 13.2. The van der Waals surface area contributed by atoms with E-state index in [2.05, 4.69) is 47.8 Å². The normalized spacial score (nSPS) is 11.6. The van der Waals surface area contributed by atoms with E-state index in [9.17, 15) is 0 Å². The molecule has 0 aliphatic rings. The van der Waals surface area contributed by atoms with Gasteiger partial charge < -0.3 is 10.5 Å². The van der Waals surface area contributed by atoms with Crippen molar-refractivity contribution in [3.05, 3.63) is 25.6 Å². The molecule has 0 bridgehead atoms. The van der Waals surface area contributed by atoms with Gasteiger partial charge in [-0.15, -0.1) is 0 Å². The molecular formula is C10H12Br3NO. The van der Waals surface area contributed by atoms with E-state index >= 15 is 0 Å². The molecule has 2 nitrogen and oxygen atoms in total. The number of nitrogens with two attached hydrogens (primary N) is 1. The molecule has 0 saturated carbocycles. The number of benzene rings is 1. The standard InChI is InChI=1S/C10H12Br3NO/c1-10(2,5-14)15-9-7(12)3-6(11)4-8(9)13/h3-4H,5,14H2,1-2H3. The summed E-state index contributed by atoms with van der Waals surface area (Å²) in [6.07, 6.45) is 0. The largest absolute Gasteiger partial charge is 0.484 e. The van der Waals surface area contributed by atoms with Gasteiger partial charge in [0, 0.05) is 11.0 Å². The summed E-state index contributed by atoms with van der Waals surface area (Å²) < 4.78 is 8.60. The maximum atomic E-state index is 5.83. The molecule has 1 aromatic carbocycles. The third-order valence-electron chi connectivity index (χ3n) is 1.83. The summed E-state index contributed by atoms with van der Waals surface area (Å²) >= 11 is 10.3. The monoisotopic (exact) mass is 399 g/mol. The molecule has 0 unspecified atom stereocenters. The topological polar surface area (TPSA) is 35.2 Å². The summed E-state index contributed by atoms with van der Waals surface area (Å²) in [6.45, 7) is 4.36. The Morgan fingerprint density at radius 3 is 2.07 bits per heavy atom. The molecule has 0 fully saturated rings. The lowest BCUT2D eigenvalue weighted by molar-refractivity contribution is 0.116. The Morgan fingerprint density at radius 1 is 1.20 bits per heavy atom.